The van der Waals surface area contributed by atoms with Gasteiger partial charge in [0.15, 0.2) is 0 Å². The van der Waals surface area contributed by atoms with Crippen LogP contribution in [-0.4, -0.2) is 18.5 Å². The first kappa shape index (κ1) is 26.7. The minimum atomic E-state index is -0.500. The SMILES string of the molecule is C=C(C)C(=O)OCCCCc1ccc2cc(-c3ccc(OC(=O)C(=C)C)cc3)c(=O)oc2c1CCC. The van der Waals surface area contributed by atoms with Crippen LogP contribution in [0.25, 0.3) is 22.1 Å². The monoisotopic (exact) mass is 488 g/mol. The lowest BCUT2D eigenvalue weighted by Crippen LogP contribution is -2.08. The van der Waals surface area contributed by atoms with Crippen molar-refractivity contribution in [2.75, 3.05) is 6.61 Å². The summed E-state index contributed by atoms with van der Waals surface area (Å²) in [5.74, 6) is -0.492. The minimum Gasteiger partial charge on any atom is -0.462 e. The zero-order valence-corrected chi connectivity index (χ0v) is 21.1. The summed E-state index contributed by atoms with van der Waals surface area (Å²) in [5.41, 5.74) is 4.18. The normalized spacial score (nSPS) is 10.8. The topological polar surface area (TPSA) is 82.8 Å². The summed E-state index contributed by atoms with van der Waals surface area (Å²) >= 11 is 0. The van der Waals surface area contributed by atoms with Crippen LogP contribution in [0.3, 0.4) is 0 Å². The van der Waals surface area contributed by atoms with Crippen LogP contribution in [0.4, 0.5) is 0 Å². The van der Waals surface area contributed by atoms with Crippen LogP contribution in [0.2, 0.25) is 0 Å². The van der Waals surface area contributed by atoms with Gasteiger partial charge in [-0.05, 0) is 74.4 Å². The molecule has 0 radical (unpaired) electrons. The molecule has 0 fully saturated rings. The van der Waals surface area contributed by atoms with Crippen molar-refractivity contribution in [2.45, 2.75) is 52.9 Å². The molecular formula is C30H32O6. The Kier molecular flexibility index (Phi) is 9.01. The molecule has 0 unspecified atom stereocenters. The third kappa shape index (κ3) is 6.60. The lowest BCUT2D eigenvalue weighted by Gasteiger charge is -2.13. The number of rotatable bonds is 11. The molecule has 0 amide bonds. The predicted octanol–water partition coefficient (Wildman–Crippen LogP) is 6.34. The zero-order chi connectivity index (χ0) is 26.2. The van der Waals surface area contributed by atoms with Crippen molar-refractivity contribution in [2.24, 2.45) is 0 Å². The van der Waals surface area contributed by atoms with Crippen LogP contribution >= 0.6 is 0 Å². The van der Waals surface area contributed by atoms with Crippen LogP contribution < -0.4 is 10.4 Å². The Bertz CT molecular complexity index is 1340. The molecule has 0 spiro atoms. The second-order valence-corrected chi connectivity index (χ2v) is 8.89. The van der Waals surface area contributed by atoms with Crippen LogP contribution in [0.5, 0.6) is 5.75 Å². The fraction of sp³-hybridized carbons (Fsp3) is 0.300. The van der Waals surface area contributed by atoms with E-state index in [0.29, 0.717) is 40.2 Å². The Labute approximate surface area is 211 Å². The van der Waals surface area contributed by atoms with E-state index in [9.17, 15) is 14.4 Å². The van der Waals surface area contributed by atoms with Crippen LogP contribution in [0.1, 0.15) is 51.2 Å². The van der Waals surface area contributed by atoms with Gasteiger partial charge < -0.3 is 13.9 Å². The molecular weight excluding hydrogens is 456 g/mol. The number of ether oxygens (including phenoxy) is 2. The zero-order valence-electron chi connectivity index (χ0n) is 21.1. The van der Waals surface area contributed by atoms with E-state index < -0.39 is 11.6 Å². The number of hydrogen-bond acceptors (Lipinski definition) is 6. The molecule has 3 aromatic rings. The first-order valence-corrected chi connectivity index (χ1v) is 12.1. The average Bonchev–Trinajstić information content (AvgIpc) is 2.85. The van der Waals surface area contributed by atoms with Gasteiger partial charge in [-0.25, -0.2) is 14.4 Å². The van der Waals surface area contributed by atoms with Crippen molar-refractivity contribution >= 4 is 22.9 Å². The Hall–Kier alpha value is -3.93. The van der Waals surface area contributed by atoms with E-state index in [0.717, 1.165) is 48.6 Å². The molecule has 0 aliphatic rings. The van der Waals surface area contributed by atoms with Crippen molar-refractivity contribution in [1.82, 2.24) is 0 Å². The summed E-state index contributed by atoms with van der Waals surface area (Å²) in [5, 5.41) is 0.852. The first-order chi connectivity index (χ1) is 17.2. The maximum atomic E-state index is 13.0. The number of esters is 2. The molecule has 0 aliphatic heterocycles. The lowest BCUT2D eigenvalue weighted by atomic mass is 9.95. The summed E-state index contributed by atoms with van der Waals surface area (Å²) in [7, 11) is 0. The Morgan fingerprint density at radius 1 is 0.917 bits per heavy atom. The molecule has 0 N–H and O–H groups in total. The number of unbranched alkanes of at least 4 members (excludes halogenated alkanes) is 1. The van der Waals surface area contributed by atoms with Crippen molar-refractivity contribution in [3.8, 4) is 16.9 Å². The van der Waals surface area contributed by atoms with E-state index >= 15 is 0 Å². The van der Waals surface area contributed by atoms with E-state index in [4.69, 9.17) is 13.9 Å². The number of carbonyl (C=O) groups excluding carboxylic acids is 2. The molecule has 0 bridgehead atoms. The van der Waals surface area contributed by atoms with Gasteiger partial charge in [0, 0.05) is 16.5 Å². The first-order valence-electron chi connectivity index (χ1n) is 12.1. The van der Waals surface area contributed by atoms with Gasteiger partial charge in [-0.1, -0.05) is 50.8 Å². The van der Waals surface area contributed by atoms with Crippen LogP contribution in [-0.2, 0) is 27.2 Å². The average molecular weight is 489 g/mol. The van der Waals surface area contributed by atoms with Gasteiger partial charge in [0.1, 0.15) is 11.3 Å². The van der Waals surface area contributed by atoms with Crippen LogP contribution in [0, 0.1) is 0 Å². The summed E-state index contributed by atoms with van der Waals surface area (Å²) in [6.45, 7) is 12.8. The Morgan fingerprint density at radius 3 is 2.25 bits per heavy atom. The molecule has 1 aromatic heterocycles. The van der Waals surface area contributed by atoms with Gasteiger partial charge in [0.05, 0.1) is 12.2 Å². The summed E-state index contributed by atoms with van der Waals surface area (Å²) in [6, 6.07) is 12.6. The van der Waals surface area contributed by atoms with Crippen molar-refractivity contribution < 1.29 is 23.5 Å². The largest absolute Gasteiger partial charge is 0.462 e. The number of aryl methyl sites for hydroxylation is 2. The van der Waals surface area contributed by atoms with Crippen molar-refractivity contribution in [3.63, 3.8) is 0 Å². The highest BCUT2D eigenvalue weighted by Gasteiger charge is 2.14. The molecule has 1 heterocycles. The molecule has 2 aromatic carbocycles. The fourth-order valence-electron chi connectivity index (χ4n) is 3.84. The minimum absolute atomic E-state index is 0.308. The molecule has 0 saturated carbocycles. The molecule has 36 heavy (non-hydrogen) atoms. The van der Waals surface area contributed by atoms with Gasteiger partial charge >= 0.3 is 17.6 Å². The second kappa shape index (κ2) is 12.2. The molecule has 6 heteroatoms. The van der Waals surface area contributed by atoms with Gasteiger partial charge in [-0.15, -0.1) is 0 Å². The number of carbonyl (C=O) groups is 2. The maximum Gasteiger partial charge on any atom is 0.344 e. The molecule has 188 valence electrons. The molecule has 3 rings (SSSR count). The molecule has 6 nitrogen and oxygen atoms in total. The van der Waals surface area contributed by atoms with Gasteiger partial charge in [0.2, 0.25) is 0 Å². The number of hydrogen-bond donors (Lipinski definition) is 0. The van der Waals surface area contributed by atoms with E-state index in [1.165, 1.54) is 0 Å². The molecule has 0 aliphatic carbocycles. The molecule has 0 saturated heterocycles. The van der Waals surface area contributed by atoms with Crippen molar-refractivity contribution in [3.05, 3.63) is 88.3 Å². The highest BCUT2D eigenvalue weighted by molar-refractivity contribution is 5.89. The lowest BCUT2D eigenvalue weighted by molar-refractivity contribution is -0.139. The van der Waals surface area contributed by atoms with Gasteiger partial charge in [-0.2, -0.15) is 0 Å². The summed E-state index contributed by atoms with van der Waals surface area (Å²) in [6.07, 6.45) is 4.09. The Balaban J connectivity index is 1.81. The van der Waals surface area contributed by atoms with E-state index in [1.807, 2.05) is 12.1 Å². The third-order valence-electron chi connectivity index (χ3n) is 5.75. The molecule has 0 atom stereocenters. The Morgan fingerprint density at radius 2 is 1.61 bits per heavy atom. The quantitative estimate of drug-likeness (QED) is 0.103. The van der Waals surface area contributed by atoms with E-state index in [-0.39, 0.29) is 5.97 Å². The predicted molar refractivity (Wildman–Crippen MR) is 141 cm³/mol. The van der Waals surface area contributed by atoms with Crippen molar-refractivity contribution in [1.29, 1.82) is 0 Å². The third-order valence-corrected chi connectivity index (χ3v) is 5.75. The van der Waals surface area contributed by atoms with E-state index in [2.05, 4.69) is 26.1 Å². The standard InChI is InChI=1S/C30H32O6/c1-6-9-25-21(10-7-8-17-34-28(31)19(2)3)11-12-23-18-26(30(33)36-27(23)25)22-13-15-24(16-14-22)35-29(32)20(4)5/h11-16,18H,2,4,6-10,17H2,1,3,5H3. The highest BCUT2D eigenvalue weighted by atomic mass is 16.5. The highest BCUT2D eigenvalue weighted by Crippen LogP contribution is 2.28. The van der Waals surface area contributed by atoms with Gasteiger partial charge in [-0.3, -0.25) is 0 Å². The smallest absolute Gasteiger partial charge is 0.344 e. The van der Waals surface area contributed by atoms with E-state index in [1.54, 1.807) is 38.1 Å². The number of fused-ring (bicyclic) bond motifs is 1. The summed E-state index contributed by atoms with van der Waals surface area (Å²) < 4.78 is 16.2. The number of benzene rings is 2. The maximum absolute atomic E-state index is 13.0. The van der Waals surface area contributed by atoms with Gasteiger partial charge in [0.25, 0.3) is 0 Å². The van der Waals surface area contributed by atoms with Crippen LogP contribution in [0.15, 0.2) is 76.0 Å². The fourth-order valence-corrected chi connectivity index (χ4v) is 3.84. The second-order valence-electron chi connectivity index (χ2n) is 8.89. The summed E-state index contributed by atoms with van der Waals surface area (Å²) in [4.78, 5) is 36.2.